The summed E-state index contributed by atoms with van der Waals surface area (Å²) in [7, 11) is 1.54. The first kappa shape index (κ1) is 15.3. The number of carbonyl (C=O) groups excluding carboxylic acids is 1. The Morgan fingerprint density at radius 1 is 1.60 bits per heavy atom. The SMILES string of the molecule is COCC(N)C(=O)NC1CCN(c2ccccc2Br)C1. The number of methoxy groups -OCH3 is 1. The van der Waals surface area contributed by atoms with E-state index in [4.69, 9.17) is 10.5 Å². The molecular weight excluding hydrogens is 322 g/mol. The normalized spacial score (nSPS) is 19.9. The molecule has 0 spiro atoms. The van der Waals surface area contributed by atoms with Gasteiger partial charge in [0.25, 0.3) is 0 Å². The minimum absolute atomic E-state index is 0.137. The van der Waals surface area contributed by atoms with E-state index < -0.39 is 6.04 Å². The summed E-state index contributed by atoms with van der Waals surface area (Å²) in [6, 6.07) is 7.64. The van der Waals surface area contributed by atoms with Crippen LogP contribution in [0, 0.1) is 0 Å². The Kier molecular flexibility index (Phi) is 5.39. The van der Waals surface area contributed by atoms with E-state index in [1.807, 2.05) is 18.2 Å². The van der Waals surface area contributed by atoms with Crippen LogP contribution in [0.2, 0.25) is 0 Å². The molecule has 0 aromatic heterocycles. The number of anilines is 1. The number of nitrogens with two attached hydrogens (primary N) is 1. The number of rotatable bonds is 5. The zero-order valence-electron chi connectivity index (χ0n) is 11.5. The molecule has 1 aliphatic rings. The van der Waals surface area contributed by atoms with Crippen LogP contribution >= 0.6 is 15.9 Å². The molecule has 1 aliphatic heterocycles. The maximum atomic E-state index is 11.9. The largest absolute Gasteiger partial charge is 0.383 e. The second-order valence-electron chi connectivity index (χ2n) is 4.95. The van der Waals surface area contributed by atoms with Crippen LogP contribution < -0.4 is 16.0 Å². The standard InChI is InChI=1S/C14H20BrN3O2/c1-20-9-12(16)14(19)17-10-6-7-18(8-10)13-5-3-2-4-11(13)15/h2-5,10,12H,6-9,16H2,1H3,(H,17,19). The molecule has 1 saturated heterocycles. The molecule has 20 heavy (non-hydrogen) atoms. The lowest BCUT2D eigenvalue weighted by molar-refractivity contribution is -0.124. The van der Waals surface area contributed by atoms with Crippen molar-refractivity contribution in [2.24, 2.45) is 5.73 Å². The fraction of sp³-hybridized carbons (Fsp3) is 0.500. The highest BCUT2D eigenvalue weighted by Gasteiger charge is 2.26. The molecule has 2 rings (SSSR count). The van der Waals surface area contributed by atoms with Crippen molar-refractivity contribution in [3.8, 4) is 0 Å². The number of benzene rings is 1. The molecule has 2 unspecified atom stereocenters. The summed E-state index contributed by atoms with van der Waals surface area (Å²) in [5.41, 5.74) is 6.88. The molecule has 1 amide bonds. The summed E-state index contributed by atoms with van der Waals surface area (Å²) in [4.78, 5) is 14.1. The Balaban J connectivity index is 1.90. The molecular formula is C14H20BrN3O2. The summed E-state index contributed by atoms with van der Waals surface area (Å²) < 4.78 is 5.97. The minimum Gasteiger partial charge on any atom is -0.383 e. The van der Waals surface area contributed by atoms with E-state index in [1.165, 1.54) is 7.11 Å². The third-order valence-corrected chi connectivity index (χ3v) is 4.08. The number of hydrogen-bond acceptors (Lipinski definition) is 4. The van der Waals surface area contributed by atoms with Crippen LogP contribution in [0.15, 0.2) is 28.7 Å². The number of carbonyl (C=O) groups is 1. The van der Waals surface area contributed by atoms with Crippen LogP contribution in [0.4, 0.5) is 5.69 Å². The van der Waals surface area contributed by atoms with Gasteiger partial charge in [0.05, 0.1) is 12.3 Å². The monoisotopic (exact) mass is 341 g/mol. The van der Waals surface area contributed by atoms with E-state index in [1.54, 1.807) is 0 Å². The van der Waals surface area contributed by atoms with Crippen molar-refractivity contribution in [3.63, 3.8) is 0 Å². The van der Waals surface area contributed by atoms with Gasteiger partial charge < -0.3 is 20.7 Å². The van der Waals surface area contributed by atoms with Gasteiger partial charge in [-0.05, 0) is 34.5 Å². The van der Waals surface area contributed by atoms with Gasteiger partial charge >= 0.3 is 0 Å². The van der Waals surface area contributed by atoms with E-state index in [9.17, 15) is 4.79 Å². The molecule has 0 saturated carbocycles. The lowest BCUT2D eigenvalue weighted by Crippen LogP contribution is -2.48. The maximum Gasteiger partial charge on any atom is 0.239 e. The quantitative estimate of drug-likeness (QED) is 0.842. The van der Waals surface area contributed by atoms with E-state index in [0.29, 0.717) is 0 Å². The molecule has 5 nitrogen and oxygen atoms in total. The van der Waals surface area contributed by atoms with E-state index in [2.05, 4.69) is 32.2 Å². The molecule has 0 radical (unpaired) electrons. The van der Waals surface area contributed by atoms with Gasteiger partial charge in [0.15, 0.2) is 0 Å². The number of ether oxygens (including phenoxy) is 1. The fourth-order valence-electron chi connectivity index (χ4n) is 2.37. The average Bonchev–Trinajstić information content (AvgIpc) is 2.87. The molecule has 3 N–H and O–H groups in total. The minimum atomic E-state index is -0.600. The first-order valence-corrected chi connectivity index (χ1v) is 7.45. The van der Waals surface area contributed by atoms with Crippen LogP contribution in [0.5, 0.6) is 0 Å². The summed E-state index contributed by atoms with van der Waals surface area (Å²) in [6.07, 6.45) is 0.923. The van der Waals surface area contributed by atoms with Gasteiger partial charge in [-0.25, -0.2) is 0 Å². The van der Waals surface area contributed by atoms with Crippen molar-refractivity contribution in [3.05, 3.63) is 28.7 Å². The Morgan fingerprint density at radius 3 is 3.05 bits per heavy atom. The first-order chi connectivity index (χ1) is 9.61. The van der Waals surface area contributed by atoms with Gasteiger partial charge in [-0.2, -0.15) is 0 Å². The zero-order chi connectivity index (χ0) is 14.5. The molecule has 1 fully saturated rings. The van der Waals surface area contributed by atoms with Crippen LogP contribution in [0.3, 0.4) is 0 Å². The number of nitrogens with one attached hydrogen (secondary N) is 1. The molecule has 1 aromatic carbocycles. The van der Waals surface area contributed by atoms with Crippen molar-refractivity contribution in [2.45, 2.75) is 18.5 Å². The van der Waals surface area contributed by atoms with Crippen molar-refractivity contribution in [1.29, 1.82) is 0 Å². The Hall–Kier alpha value is -1.11. The van der Waals surface area contributed by atoms with Crippen LogP contribution in [0.25, 0.3) is 0 Å². The zero-order valence-corrected chi connectivity index (χ0v) is 13.1. The number of amides is 1. The topological polar surface area (TPSA) is 67.6 Å². The Morgan fingerprint density at radius 2 is 2.35 bits per heavy atom. The van der Waals surface area contributed by atoms with Gasteiger partial charge in [0.1, 0.15) is 6.04 Å². The van der Waals surface area contributed by atoms with E-state index >= 15 is 0 Å². The predicted molar refractivity (Wildman–Crippen MR) is 82.8 cm³/mol. The first-order valence-electron chi connectivity index (χ1n) is 6.66. The van der Waals surface area contributed by atoms with Crippen molar-refractivity contribution in [2.75, 3.05) is 31.7 Å². The van der Waals surface area contributed by atoms with Gasteiger partial charge in [-0.3, -0.25) is 4.79 Å². The average molecular weight is 342 g/mol. The van der Waals surface area contributed by atoms with Crippen molar-refractivity contribution >= 4 is 27.5 Å². The molecule has 1 heterocycles. The van der Waals surface area contributed by atoms with Crippen LogP contribution in [-0.2, 0) is 9.53 Å². The third kappa shape index (κ3) is 3.71. The summed E-state index contributed by atoms with van der Waals surface area (Å²) >= 11 is 3.56. The van der Waals surface area contributed by atoms with E-state index in [-0.39, 0.29) is 18.6 Å². The van der Waals surface area contributed by atoms with Crippen LogP contribution in [-0.4, -0.2) is 44.8 Å². The second-order valence-corrected chi connectivity index (χ2v) is 5.81. The van der Waals surface area contributed by atoms with Crippen molar-refractivity contribution in [1.82, 2.24) is 5.32 Å². The summed E-state index contributed by atoms with van der Waals surface area (Å²) in [5.74, 6) is -0.147. The maximum absolute atomic E-state index is 11.9. The van der Waals surface area contributed by atoms with Crippen LogP contribution in [0.1, 0.15) is 6.42 Å². The highest BCUT2D eigenvalue weighted by Crippen LogP contribution is 2.28. The number of hydrogen-bond donors (Lipinski definition) is 2. The molecule has 1 aromatic rings. The summed E-state index contributed by atoms with van der Waals surface area (Å²) in [6.45, 7) is 1.97. The number of para-hydroxylation sites is 1. The fourth-order valence-corrected chi connectivity index (χ4v) is 2.90. The lowest BCUT2D eigenvalue weighted by Gasteiger charge is -2.21. The second kappa shape index (κ2) is 7.06. The highest BCUT2D eigenvalue weighted by atomic mass is 79.9. The molecule has 6 heteroatoms. The smallest absolute Gasteiger partial charge is 0.239 e. The number of nitrogens with zero attached hydrogens (tertiary/aromatic N) is 1. The number of halogens is 1. The molecule has 0 aliphatic carbocycles. The Bertz CT molecular complexity index is 469. The third-order valence-electron chi connectivity index (χ3n) is 3.41. The summed E-state index contributed by atoms with van der Waals surface area (Å²) in [5, 5.41) is 2.98. The molecule has 2 atom stereocenters. The Labute approximate surface area is 127 Å². The van der Waals surface area contributed by atoms with Gasteiger partial charge in [0, 0.05) is 30.7 Å². The van der Waals surface area contributed by atoms with E-state index in [0.717, 1.165) is 29.7 Å². The molecule has 110 valence electrons. The highest BCUT2D eigenvalue weighted by molar-refractivity contribution is 9.10. The lowest BCUT2D eigenvalue weighted by atomic mass is 10.2. The molecule has 0 bridgehead atoms. The van der Waals surface area contributed by atoms with Gasteiger partial charge in [0.2, 0.25) is 5.91 Å². The van der Waals surface area contributed by atoms with Gasteiger partial charge in [-0.1, -0.05) is 12.1 Å². The predicted octanol–water partition coefficient (Wildman–Crippen LogP) is 1.12. The van der Waals surface area contributed by atoms with Gasteiger partial charge in [-0.15, -0.1) is 0 Å². The van der Waals surface area contributed by atoms with Crippen molar-refractivity contribution < 1.29 is 9.53 Å².